The molecule has 1 atom stereocenters. The first kappa shape index (κ1) is 10.2. The SMILES string of the molecule is CC(C)n1ccnc1C(O)CCN. The van der Waals surface area contributed by atoms with Crippen LogP contribution < -0.4 is 5.73 Å². The molecule has 0 saturated heterocycles. The average Bonchev–Trinajstić information content (AvgIpc) is 2.52. The van der Waals surface area contributed by atoms with Crippen molar-refractivity contribution >= 4 is 0 Å². The average molecular weight is 183 g/mol. The lowest BCUT2D eigenvalue weighted by Crippen LogP contribution is -2.13. The monoisotopic (exact) mass is 183 g/mol. The van der Waals surface area contributed by atoms with E-state index in [0.29, 0.717) is 24.8 Å². The molecule has 0 aliphatic heterocycles. The molecule has 1 aromatic heterocycles. The number of nitrogens with two attached hydrogens (primary N) is 1. The Labute approximate surface area is 78.4 Å². The van der Waals surface area contributed by atoms with E-state index in [4.69, 9.17) is 5.73 Å². The Hall–Kier alpha value is -0.870. The van der Waals surface area contributed by atoms with Gasteiger partial charge in [-0.2, -0.15) is 0 Å². The van der Waals surface area contributed by atoms with E-state index < -0.39 is 6.10 Å². The molecule has 0 bridgehead atoms. The first-order valence-corrected chi connectivity index (χ1v) is 4.57. The highest BCUT2D eigenvalue weighted by Gasteiger charge is 2.13. The van der Waals surface area contributed by atoms with Gasteiger partial charge in [0.15, 0.2) is 0 Å². The van der Waals surface area contributed by atoms with E-state index >= 15 is 0 Å². The third-order valence-electron chi connectivity index (χ3n) is 1.99. The number of rotatable bonds is 4. The van der Waals surface area contributed by atoms with Crippen LogP contribution in [0.1, 0.15) is 38.2 Å². The van der Waals surface area contributed by atoms with Crippen LogP contribution in [0.2, 0.25) is 0 Å². The molecule has 3 N–H and O–H groups in total. The normalized spacial score (nSPS) is 13.6. The van der Waals surface area contributed by atoms with Crippen molar-refractivity contribution in [3.05, 3.63) is 18.2 Å². The standard InChI is InChI=1S/C9H17N3O/c1-7(2)12-6-5-11-9(12)8(13)3-4-10/h5-8,13H,3-4,10H2,1-2H3. The van der Waals surface area contributed by atoms with Crippen LogP contribution in [0.5, 0.6) is 0 Å². The number of aromatic nitrogens is 2. The Morgan fingerprint density at radius 2 is 2.31 bits per heavy atom. The summed E-state index contributed by atoms with van der Waals surface area (Å²) in [6.45, 7) is 4.59. The fraction of sp³-hybridized carbons (Fsp3) is 0.667. The predicted molar refractivity (Wildman–Crippen MR) is 51.2 cm³/mol. The molecule has 0 aliphatic rings. The van der Waals surface area contributed by atoms with Crippen LogP contribution in [0.25, 0.3) is 0 Å². The number of hydrogen-bond donors (Lipinski definition) is 2. The van der Waals surface area contributed by atoms with E-state index in [1.54, 1.807) is 6.20 Å². The molecule has 1 heterocycles. The van der Waals surface area contributed by atoms with Crippen molar-refractivity contribution in [2.45, 2.75) is 32.4 Å². The maximum absolute atomic E-state index is 9.68. The summed E-state index contributed by atoms with van der Waals surface area (Å²) in [6.07, 6.45) is 3.60. The summed E-state index contributed by atoms with van der Waals surface area (Å²) >= 11 is 0. The van der Waals surface area contributed by atoms with Crippen molar-refractivity contribution in [3.63, 3.8) is 0 Å². The van der Waals surface area contributed by atoms with Crippen LogP contribution in [0.3, 0.4) is 0 Å². The summed E-state index contributed by atoms with van der Waals surface area (Å²) in [4.78, 5) is 4.11. The number of hydrogen-bond acceptors (Lipinski definition) is 3. The predicted octanol–water partition coefficient (Wildman–Crippen LogP) is 0.846. The van der Waals surface area contributed by atoms with Crippen LogP contribution in [0, 0.1) is 0 Å². The van der Waals surface area contributed by atoms with Crippen LogP contribution in [-0.4, -0.2) is 21.2 Å². The van der Waals surface area contributed by atoms with Gasteiger partial charge >= 0.3 is 0 Å². The van der Waals surface area contributed by atoms with Gasteiger partial charge < -0.3 is 15.4 Å². The molecular weight excluding hydrogens is 166 g/mol. The van der Waals surface area contributed by atoms with E-state index in [0.717, 1.165) is 0 Å². The van der Waals surface area contributed by atoms with Crippen molar-refractivity contribution in [1.29, 1.82) is 0 Å². The maximum atomic E-state index is 9.68. The van der Waals surface area contributed by atoms with Gasteiger partial charge in [-0.15, -0.1) is 0 Å². The highest BCUT2D eigenvalue weighted by Crippen LogP contribution is 2.17. The van der Waals surface area contributed by atoms with Crippen LogP contribution in [-0.2, 0) is 0 Å². The van der Waals surface area contributed by atoms with E-state index in [2.05, 4.69) is 18.8 Å². The smallest absolute Gasteiger partial charge is 0.137 e. The molecule has 1 aromatic rings. The van der Waals surface area contributed by atoms with E-state index in [1.165, 1.54) is 0 Å². The molecule has 0 aliphatic carbocycles. The summed E-state index contributed by atoms with van der Waals surface area (Å²) in [7, 11) is 0. The fourth-order valence-electron chi connectivity index (χ4n) is 1.31. The minimum absolute atomic E-state index is 0.324. The maximum Gasteiger partial charge on any atom is 0.137 e. The zero-order chi connectivity index (χ0) is 9.84. The van der Waals surface area contributed by atoms with Gasteiger partial charge in [-0.25, -0.2) is 4.98 Å². The zero-order valence-electron chi connectivity index (χ0n) is 8.14. The lowest BCUT2D eigenvalue weighted by molar-refractivity contribution is 0.154. The third-order valence-corrected chi connectivity index (χ3v) is 1.99. The van der Waals surface area contributed by atoms with Gasteiger partial charge in [0.1, 0.15) is 11.9 Å². The molecule has 74 valence electrons. The number of aliphatic hydroxyl groups is 1. The van der Waals surface area contributed by atoms with Crippen molar-refractivity contribution in [2.24, 2.45) is 5.73 Å². The van der Waals surface area contributed by atoms with Gasteiger partial charge in [0, 0.05) is 18.4 Å². The second kappa shape index (κ2) is 4.39. The van der Waals surface area contributed by atoms with E-state index in [1.807, 2.05) is 10.8 Å². The topological polar surface area (TPSA) is 64.1 Å². The first-order chi connectivity index (χ1) is 6.16. The van der Waals surface area contributed by atoms with Gasteiger partial charge in [-0.1, -0.05) is 0 Å². The second-order valence-electron chi connectivity index (χ2n) is 3.38. The van der Waals surface area contributed by atoms with Gasteiger partial charge in [-0.3, -0.25) is 0 Å². The lowest BCUT2D eigenvalue weighted by atomic mass is 10.2. The summed E-state index contributed by atoms with van der Waals surface area (Å²) in [5.74, 6) is 0.709. The van der Waals surface area contributed by atoms with Crippen LogP contribution in [0.15, 0.2) is 12.4 Å². The summed E-state index contributed by atoms with van der Waals surface area (Å²) in [5.41, 5.74) is 5.36. The third kappa shape index (κ3) is 2.29. The van der Waals surface area contributed by atoms with Gasteiger partial charge in [0.05, 0.1) is 0 Å². The Balaban J connectivity index is 2.80. The molecule has 1 unspecified atom stereocenters. The first-order valence-electron chi connectivity index (χ1n) is 4.57. The summed E-state index contributed by atoms with van der Waals surface area (Å²) < 4.78 is 1.96. The van der Waals surface area contributed by atoms with Crippen LogP contribution in [0.4, 0.5) is 0 Å². The van der Waals surface area contributed by atoms with Crippen molar-refractivity contribution in [2.75, 3.05) is 6.54 Å². The lowest BCUT2D eigenvalue weighted by Gasteiger charge is -2.15. The number of aliphatic hydroxyl groups excluding tert-OH is 1. The molecule has 0 aromatic carbocycles. The Kier molecular flexibility index (Phi) is 3.45. The van der Waals surface area contributed by atoms with Crippen LogP contribution >= 0.6 is 0 Å². The molecule has 0 spiro atoms. The second-order valence-corrected chi connectivity index (χ2v) is 3.38. The molecule has 4 nitrogen and oxygen atoms in total. The highest BCUT2D eigenvalue weighted by molar-refractivity contribution is 4.98. The van der Waals surface area contributed by atoms with Crippen molar-refractivity contribution < 1.29 is 5.11 Å². The molecule has 0 amide bonds. The molecule has 0 fully saturated rings. The summed E-state index contributed by atoms with van der Waals surface area (Å²) in [6, 6.07) is 0.324. The van der Waals surface area contributed by atoms with Gasteiger partial charge in [0.2, 0.25) is 0 Å². The minimum Gasteiger partial charge on any atom is -0.385 e. The molecule has 0 radical (unpaired) electrons. The van der Waals surface area contributed by atoms with Crippen molar-refractivity contribution in [1.82, 2.24) is 9.55 Å². The van der Waals surface area contributed by atoms with E-state index in [9.17, 15) is 5.11 Å². The van der Waals surface area contributed by atoms with E-state index in [-0.39, 0.29) is 0 Å². The highest BCUT2D eigenvalue weighted by atomic mass is 16.3. The Morgan fingerprint density at radius 3 is 2.85 bits per heavy atom. The number of imidazole rings is 1. The molecular formula is C9H17N3O. The van der Waals surface area contributed by atoms with Gasteiger partial charge in [-0.05, 0) is 26.8 Å². The number of nitrogens with zero attached hydrogens (tertiary/aromatic N) is 2. The Morgan fingerprint density at radius 1 is 1.62 bits per heavy atom. The minimum atomic E-state index is -0.539. The molecule has 1 rings (SSSR count). The fourth-order valence-corrected chi connectivity index (χ4v) is 1.31. The summed E-state index contributed by atoms with van der Waals surface area (Å²) in [5, 5.41) is 9.68. The Bertz CT molecular complexity index is 257. The molecule has 4 heteroatoms. The van der Waals surface area contributed by atoms with Gasteiger partial charge in [0.25, 0.3) is 0 Å². The molecule has 13 heavy (non-hydrogen) atoms. The largest absolute Gasteiger partial charge is 0.385 e. The van der Waals surface area contributed by atoms with Crippen molar-refractivity contribution in [3.8, 4) is 0 Å². The molecule has 0 saturated carbocycles. The quantitative estimate of drug-likeness (QED) is 0.727. The zero-order valence-corrected chi connectivity index (χ0v) is 8.14.